The Balaban J connectivity index is 1.91. The summed E-state index contributed by atoms with van der Waals surface area (Å²) in [4.78, 5) is 31.4. The summed E-state index contributed by atoms with van der Waals surface area (Å²) in [7, 11) is 0. The molecular formula is C21H18ClFN4O3. The number of nitrogens with one attached hydrogen (secondary N) is 2. The van der Waals surface area contributed by atoms with Crippen LogP contribution in [0.2, 0.25) is 5.02 Å². The van der Waals surface area contributed by atoms with Crippen LogP contribution in [0, 0.1) is 12.9 Å². The van der Waals surface area contributed by atoms with E-state index in [1.807, 2.05) is 0 Å². The van der Waals surface area contributed by atoms with Gasteiger partial charge in [-0.05, 0) is 60.0 Å². The minimum absolute atomic E-state index is 0.0415. The highest BCUT2D eigenvalue weighted by atomic mass is 35.5. The third kappa shape index (κ3) is 5.51. The zero-order valence-electron chi connectivity index (χ0n) is 15.9. The number of aryl methyl sites for hydroxylation is 1. The van der Waals surface area contributed by atoms with Crippen LogP contribution in [-0.4, -0.2) is 27.1 Å². The van der Waals surface area contributed by atoms with Gasteiger partial charge >= 0.3 is 6.09 Å². The number of halogens is 2. The number of aromatic nitrogens is 2. The molecule has 0 saturated carbocycles. The Kier molecular flexibility index (Phi) is 6.58. The SMILES string of the molecule is Cc1cnc(F)c(-c2cc(CNC(=O)O)cc(C(=O)NCc3cc(Cl)ccn3)c2)c1. The molecular weight excluding hydrogens is 411 g/mol. The number of carbonyl (C=O) groups is 2. The van der Waals surface area contributed by atoms with Crippen molar-refractivity contribution in [3.63, 3.8) is 0 Å². The van der Waals surface area contributed by atoms with Crippen LogP contribution < -0.4 is 10.6 Å². The maximum absolute atomic E-state index is 14.3. The fourth-order valence-corrected chi connectivity index (χ4v) is 3.01. The molecule has 0 unspecified atom stereocenters. The molecule has 0 aliphatic carbocycles. The number of hydrogen-bond donors (Lipinski definition) is 3. The van der Waals surface area contributed by atoms with Crippen LogP contribution in [0.25, 0.3) is 11.1 Å². The molecule has 0 atom stereocenters. The van der Waals surface area contributed by atoms with Crippen LogP contribution in [0.5, 0.6) is 0 Å². The molecule has 1 aromatic carbocycles. The van der Waals surface area contributed by atoms with Gasteiger partial charge in [-0.3, -0.25) is 9.78 Å². The summed E-state index contributed by atoms with van der Waals surface area (Å²) in [5, 5.41) is 14.4. The maximum Gasteiger partial charge on any atom is 0.404 e. The van der Waals surface area contributed by atoms with Gasteiger partial charge < -0.3 is 15.7 Å². The van der Waals surface area contributed by atoms with E-state index in [1.54, 1.807) is 37.3 Å². The lowest BCUT2D eigenvalue weighted by atomic mass is 9.99. The third-order valence-electron chi connectivity index (χ3n) is 4.19. The predicted molar refractivity (Wildman–Crippen MR) is 110 cm³/mol. The van der Waals surface area contributed by atoms with E-state index < -0.39 is 17.9 Å². The molecule has 30 heavy (non-hydrogen) atoms. The highest BCUT2D eigenvalue weighted by Crippen LogP contribution is 2.25. The van der Waals surface area contributed by atoms with Gasteiger partial charge in [-0.15, -0.1) is 0 Å². The quantitative estimate of drug-likeness (QED) is 0.516. The molecule has 0 bridgehead atoms. The number of hydrogen-bond acceptors (Lipinski definition) is 4. The Labute approximate surface area is 176 Å². The third-order valence-corrected chi connectivity index (χ3v) is 4.43. The fraction of sp³-hybridized carbons (Fsp3) is 0.143. The summed E-state index contributed by atoms with van der Waals surface area (Å²) in [6.07, 6.45) is 1.73. The van der Waals surface area contributed by atoms with Crippen LogP contribution >= 0.6 is 11.6 Å². The van der Waals surface area contributed by atoms with E-state index in [-0.39, 0.29) is 24.2 Å². The molecule has 0 aliphatic rings. The Bertz CT molecular complexity index is 1110. The minimum atomic E-state index is -1.21. The van der Waals surface area contributed by atoms with Crippen LogP contribution in [0.3, 0.4) is 0 Å². The van der Waals surface area contributed by atoms with Crippen molar-refractivity contribution in [3.05, 3.63) is 82.1 Å². The number of benzene rings is 1. The van der Waals surface area contributed by atoms with E-state index in [1.165, 1.54) is 18.5 Å². The van der Waals surface area contributed by atoms with Crippen molar-refractivity contribution in [1.29, 1.82) is 0 Å². The normalized spacial score (nSPS) is 10.5. The summed E-state index contributed by atoms with van der Waals surface area (Å²) in [6, 6.07) is 9.57. The summed E-state index contributed by atoms with van der Waals surface area (Å²) >= 11 is 5.93. The molecule has 0 spiro atoms. The molecule has 2 aromatic heterocycles. The molecule has 0 aliphatic heterocycles. The second-order valence-corrected chi connectivity index (χ2v) is 7.01. The summed E-state index contributed by atoms with van der Waals surface area (Å²) in [6.45, 7) is 1.88. The first kappa shape index (κ1) is 21.2. The predicted octanol–water partition coefficient (Wildman–Crippen LogP) is 3.94. The van der Waals surface area contributed by atoms with Gasteiger partial charge in [0, 0.05) is 35.1 Å². The molecule has 0 fully saturated rings. The van der Waals surface area contributed by atoms with Gasteiger partial charge in [-0.2, -0.15) is 4.39 Å². The van der Waals surface area contributed by atoms with Crippen molar-refractivity contribution in [2.24, 2.45) is 0 Å². The number of pyridine rings is 2. The number of nitrogens with zero attached hydrogens (tertiary/aromatic N) is 2. The van der Waals surface area contributed by atoms with Crippen LogP contribution in [0.1, 0.15) is 27.2 Å². The van der Waals surface area contributed by atoms with Crippen molar-refractivity contribution < 1.29 is 19.1 Å². The van der Waals surface area contributed by atoms with Gasteiger partial charge in [0.15, 0.2) is 0 Å². The van der Waals surface area contributed by atoms with Crippen LogP contribution in [-0.2, 0) is 13.1 Å². The first-order chi connectivity index (χ1) is 14.3. The number of carboxylic acid groups (broad SMARTS) is 1. The molecule has 154 valence electrons. The summed E-state index contributed by atoms with van der Waals surface area (Å²) in [5.74, 6) is -1.10. The van der Waals surface area contributed by atoms with Crippen molar-refractivity contribution >= 4 is 23.6 Å². The lowest BCUT2D eigenvalue weighted by molar-refractivity contribution is 0.0950. The minimum Gasteiger partial charge on any atom is -0.465 e. The lowest BCUT2D eigenvalue weighted by Crippen LogP contribution is -2.24. The van der Waals surface area contributed by atoms with Crippen molar-refractivity contribution in [2.45, 2.75) is 20.0 Å². The molecule has 7 nitrogen and oxygen atoms in total. The topological polar surface area (TPSA) is 104 Å². The van der Waals surface area contributed by atoms with Crippen molar-refractivity contribution in [1.82, 2.24) is 20.6 Å². The number of rotatable bonds is 6. The van der Waals surface area contributed by atoms with Crippen molar-refractivity contribution in [3.8, 4) is 11.1 Å². The van der Waals surface area contributed by atoms with Crippen LogP contribution in [0.15, 0.2) is 48.8 Å². The largest absolute Gasteiger partial charge is 0.465 e. The zero-order valence-corrected chi connectivity index (χ0v) is 16.7. The molecule has 3 rings (SSSR count). The average molecular weight is 429 g/mol. The molecule has 9 heteroatoms. The lowest BCUT2D eigenvalue weighted by Gasteiger charge is -2.12. The van der Waals surface area contributed by atoms with E-state index in [0.29, 0.717) is 21.8 Å². The molecule has 2 amide bonds. The number of amides is 2. The Morgan fingerprint density at radius 3 is 2.63 bits per heavy atom. The molecule has 3 N–H and O–H groups in total. The fourth-order valence-electron chi connectivity index (χ4n) is 2.83. The van der Waals surface area contributed by atoms with Gasteiger partial charge in [-0.25, -0.2) is 9.78 Å². The average Bonchev–Trinajstić information content (AvgIpc) is 2.72. The Morgan fingerprint density at radius 2 is 1.90 bits per heavy atom. The van der Waals surface area contributed by atoms with E-state index in [9.17, 15) is 14.0 Å². The van der Waals surface area contributed by atoms with Gasteiger partial charge in [-0.1, -0.05) is 11.6 Å². The number of carbonyl (C=O) groups excluding carboxylic acids is 1. The van der Waals surface area contributed by atoms with E-state index in [0.717, 1.165) is 5.56 Å². The van der Waals surface area contributed by atoms with Gasteiger partial charge in [0.25, 0.3) is 5.91 Å². The zero-order chi connectivity index (χ0) is 21.7. The summed E-state index contributed by atoms with van der Waals surface area (Å²) in [5.41, 5.74) is 2.71. The van der Waals surface area contributed by atoms with Gasteiger partial charge in [0.05, 0.1) is 12.2 Å². The first-order valence-corrected chi connectivity index (χ1v) is 9.31. The van der Waals surface area contributed by atoms with E-state index in [4.69, 9.17) is 16.7 Å². The second kappa shape index (κ2) is 9.32. The smallest absolute Gasteiger partial charge is 0.404 e. The van der Waals surface area contributed by atoms with Gasteiger partial charge in [0.1, 0.15) is 0 Å². The molecule has 2 heterocycles. The Hall–Kier alpha value is -3.52. The summed E-state index contributed by atoms with van der Waals surface area (Å²) < 4.78 is 14.3. The Morgan fingerprint density at radius 1 is 1.10 bits per heavy atom. The van der Waals surface area contributed by atoms with E-state index in [2.05, 4.69) is 20.6 Å². The highest BCUT2D eigenvalue weighted by Gasteiger charge is 2.14. The maximum atomic E-state index is 14.3. The monoisotopic (exact) mass is 428 g/mol. The van der Waals surface area contributed by atoms with Crippen molar-refractivity contribution in [2.75, 3.05) is 0 Å². The standard InChI is InChI=1S/C21H18ClFN4O3/c1-12-4-18(19(23)25-9-12)14-5-13(10-27-21(29)30)6-15(7-14)20(28)26-11-17-8-16(22)2-3-24-17/h2-9,27H,10-11H2,1H3,(H,26,28)(H,29,30). The first-order valence-electron chi connectivity index (χ1n) is 8.94. The van der Waals surface area contributed by atoms with E-state index >= 15 is 0 Å². The highest BCUT2D eigenvalue weighted by molar-refractivity contribution is 6.30. The van der Waals surface area contributed by atoms with Crippen LogP contribution in [0.4, 0.5) is 9.18 Å². The second-order valence-electron chi connectivity index (χ2n) is 6.58. The molecule has 3 aromatic rings. The molecule has 0 radical (unpaired) electrons. The van der Waals surface area contributed by atoms with Gasteiger partial charge in [0.2, 0.25) is 5.95 Å². The molecule has 0 saturated heterocycles.